The maximum atomic E-state index is 5.61. The molecule has 28 heavy (non-hydrogen) atoms. The van der Waals surface area contributed by atoms with E-state index in [0.29, 0.717) is 5.89 Å². The maximum absolute atomic E-state index is 5.61. The van der Waals surface area contributed by atoms with E-state index < -0.39 is 0 Å². The minimum Gasteiger partial charge on any atom is -0.385 e. The first-order valence-electron chi connectivity index (χ1n) is 10.7. The van der Waals surface area contributed by atoms with E-state index in [-0.39, 0.29) is 5.41 Å². The van der Waals surface area contributed by atoms with Crippen molar-refractivity contribution in [2.45, 2.75) is 56.8 Å². The Kier molecular flexibility index (Phi) is 6.37. The smallest absolute Gasteiger partial charge is 0.258 e. The van der Waals surface area contributed by atoms with E-state index in [2.05, 4.69) is 15.0 Å². The van der Waals surface area contributed by atoms with Crippen LogP contribution in [0, 0.1) is 5.92 Å². The Bertz CT molecular complexity index is 719. The maximum Gasteiger partial charge on any atom is 0.258 e. The number of likely N-dealkylation sites (tertiary alicyclic amines) is 1. The van der Waals surface area contributed by atoms with Crippen LogP contribution in [0.1, 0.15) is 57.2 Å². The summed E-state index contributed by atoms with van der Waals surface area (Å²) in [7, 11) is 1.77. The normalized spacial score (nSPS) is 21.0. The average molecular weight is 385 g/mol. The van der Waals surface area contributed by atoms with Crippen molar-refractivity contribution in [3.05, 3.63) is 30.4 Å². The van der Waals surface area contributed by atoms with Gasteiger partial charge in [-0.2, -0.15) is 4.98 Å². The van der Waals surface area contributed by atoms with Gasteiger partial charge in [-0.15, -0.1) is 0 Å². The molecule has 2 aromatic rings. The molecule has 0 bridgehead atoms. The van der Waals surface area contributed by atoms with Crippen molar-refractivity contribution in [2.75, 3.05) is 33.4 Å². The van der Waals surface area contributed by atoms with Gasteiger partial charge >= 0.3 is 0 Å². The molecule has 2 aromatic heterocycles. The van der Waals surface area contributed by atoms with Crippen LogP contribution in [0.3, 0.4) is 0 Å². The molecule has 3 heterocycles. The number of methoxy groups -OCH3 is 1. The quantitative estimate of drug-likeness (QED) is 0.717. The predicted molar refractivity (Wildman–Crippen MR) is 108 cm³/mol. The van der Waals surface area contributed by atoms with Crippen LogP contribution in [-0.4, -0.2) is 53.4 Å². The van der Waals surface area contributed by atoms with E-state index in [1.54, 1.807) is 19.5 Å². The second-order valence-corrected chi connectivity index (χ2v) is 8.49. The van der Waals surface area contributed by atoms with Crippen LogP contribution in [-0.2, 0) is 10.2 Å². The summed E-state index contributed by atoms with van der Waals surface area (Å²) in [6.45, 7) is 4.20. The third-order valence-electron chi connectivity index (χ3n) is 6.67. The van der Waals surface area contributed by atoms with E-state index >= 15 is 0 Å². The van der Waals surface area contributed by atoms with Crippen LogP contribution in [0.4, 0.5) is 0 Å². The summed E-state index contributed by atoms with van der Waals surface area (Å²) in [6.07, 6.45) is 13.7. The lowest BCUT2D eigenvalue weighted by Gasteiger charge is -2.41. The molecule has 0 amide bonds. The van der Waals surface area contributed by atoms with Crippen LogP contribution in [0.5, 0.6) is 0 Å². The minimum absolute atomic E-state index is 0.0478. The third kappa shape index (κ3) is 4.44. The molecule has 6 nitrogen and oxygen atoms in total. The zero-order valence-corrected chi connectivity index (χ0v) is 17.0. The number of nitrogens with zero attached hydrogens (tertiary/aromatic N) is 4. The molecule has 0 spiro atoms. The molecule has 152 valence electrons. The lowest BCUT2D eigenvalue weighted by Crippen LogP contribution is -2.45. The molecule has 2 aliphatic rings. The van der Waals surface area contributed by atoms with Crippen molar-refractivity contribution < 1.29 is 9.26 Å². The fourth-order valence-corrected chi connectivity index (χ4v) is 4.83. The number of aromatic nitrogens is 3. The lowest BCUT2D eigenvalue weighted by atomic mass is 9.74. The van der Waals surface area contributed by atoms with Crippen molar-refractivity contribution in [3.63, 3.8) is 0 Å². The highest BCUT2D eigenvalue weighted by molar-refractivity contribution is 5.51. The standard InChI is InChI=1S/C22H32N4O2/c1-27-16-11-22(21-24-20(28-25-21)19-7-12-23-13-8-19)9-14-26(15-10-22)17-18-5-3-2-4-6-18/h7-8,12-13,18H,2-6,9-11,14-17H2,1H3. The number of piperidine rings is 1. The van der Waals surface area contributed by atoms with Gasteiger partial charge in [-0.1, -0.05) is 24.4 Å². The molecule has 4 rings (SSSR count). The topological polar surface area (TPSA) is 64.3 Å². The molecule has 0 N–H and O–H groups in total. The summed E-state index contributed by atoms with van der Waals surface area (Å²) in [5.41, 5.74) is 0.874. The summed E-state index contributed by atoms with van der Waals surface area (Å²) in [6, 6.07) is 3.82. The van der Waals surface area contributed by atoms with E-state index in [9.17, 15) is 0 Å². The van der Waals surface area contributed by atoms with Gasteiger partial charge in [-0.25, -0.2) is 0 Å². The Morgan fingerprint density at radius 3 is 2.61 bits per heavy atom. The molecule has 1 aliphatic heterocycles. The van der Waals surface area contributed by atoms with Gasteiger partial charge in [-0.05, 0) is 63.2 Å². The Morgan fingerprint density at radius 2 is 1.89 bits per heavy atom. The van der Waals surface area contributed by atoms with Crippen LogP contribution in [0.15, 0.2) is 29.0 Å². The molecule has 0 atom stereocenters. The van der Waals surface area contributed by atoms with Crippen LogP contribution >= 0.6 is 0 Å². The molecular weight excluding hydrogens is 352 g/mol. The second kappa shape index (κ2) is 9.14. The molecule has 6 heteroatoms. The second-order valence-electron chi connectivity index (χ2n) is 8.49. The summed E-state index contributed by atoms with van der Waals surface area (Å²) in [4.78, 5) is 11.5. The van der Waals surface area contributed by atoms with Gasteiger partial charge in [0.15, 0.2) is 5.82 Å². The van der Waals surface area contributed by atoms with Crippen LogP contribution < -0.4 is 0 Å². The van der Waals surface area contributed by atoms with E-state index in [1.165, 1.54) is 38.6 Å². The molecule has 0 radical (unpaired) electrons. The van der Waals surface area contributed by atoms with E-state index in [1.807, 2.05) is 12.1 Å². The molecule has 1 saturated carbocycles. The van der Waals surface area contributed by atoms with Gasteiger partial charge in [0.2, 0.25) is 0 Å². The molecular formula is C22H32N4O2. The highest BCUT2D eigenvalue weighted by Crippen LogP contribution is 2.38. The Hall–Kier alpha value is -1.79. The highest BCUT2D eigenvalue weighted by atomic mass is 16.5. The van der Waals surface area contributed by atoms with Gasteiger partial charge in [0.25, 0.3) is 5.89 Å². The Morgan fingerprint density at radius 1 is 1.14 bits per heavy atom. The largest absolute Gasteiger partial charge is 0.385 e. The molecule has 1 saturated heterocycles. The van der Waals surface area contributed by atoms with Gasteiger partial charge < -0.3 is 14.2 Å². The summed E-state index contributed by atoms with van der Waals surface area (Å²) in [5.74, 6) is 2.32. The number of rotatable bonds is 7. The first kappa shape index (κ1) is 19.5. The van der Waals surface area contributed by atoms with Crippen molar-refractivity contribution in [3.8, 4) is 11.5 Å². The third-order valence-corrected chi connectivity index (χ3v) is 6.67. The predicted octanol–water partition coefficient (Wildman–Crippen LogP) is 4.08. The summed E-state index contributed by atoms with van der Waals surface area (Å²) >= 11 is 0. The fraction of sp³-hybridized carbons (Fsp3) is 0.682. The van der Waals surface area contributed by atoms with Crippen molar-refractivity contribution in [1.82, 2.24) is 20.0 Å². The number of hydrogen-bond acceptors (Lipinski definition) is 6. The first-order valence-corrected chi connectivity index (χ1v) is 10.7. The van der Waals surface area contributed by atoms with E-state index in [4.69, 9.17) is 14.2 Å². The average Bonchev–Trinajstić information content (AvgIpc) is 3.26. The lowest BCUT2D eigenvalue weighted by molar-refractivity contribution is 0.0927. The molecule has 0 aromatic carbocycles. The first-order chi connectivity index (χ1) is 13.8. The van der Waals surface area contributed by atoms with Crippen LogP contribution in [0.2, 0.25) is 0 Å². The van der Waals surface area contributed by atoms with Gasteiger partial charge in [0, 0.05) is 43.6 Å². The summed E-state index contributed by atoms with van der Waals surface area (Å²) in [5, 5.41) is 4.40. The number of ether oxygens (including phenoxy) is 1. The van der Waals surface area contributed by atoms with E-state index in [0.717, 1.165) is 56.3 Å². The van der Waals surface area contributed by atoms with Gasteiger partial charge in [-0.3, -0.25) is 4.98 Å². The molecule has 0 unspecified atom stereocenters. The van der Waals surface area contributed by atoms with Crippen LogP contribution in [0.25, 0.3) is 11.5 Å². The Labute approximate surface area is 167 Å². The van der Waals surface area contributed by atoms with Crippen molar-refractivity contribution in [1.29, 1.82) is 0 Å². The minimum atomic E-state index is -0.0478. The van der Waals surface area contributed by atoms with Crippen molar-refractivity contribution in [2.24, 2.45) is 5.92 Å². The SMILES string of the molecule is COCCC1(c2noc(-c3ccncc3)n2)CCN(CC2CCCCC2)CC1. The van der Waals surface area contributed by atoms with Gasteiger partial charge in [0.1, 0.15) is 0 Å². The zero-order chi connectivity index (χ0) is 19.2. The monoisotopic (exact) mass is 384 g/mol. The molecule has 1 aliphatic carbocycles. The number of hydrogen-bond donors (Lipinski definition) is 0. The fourth-order valence-electron chi connectivity index (χ4n) is 4.83. The summed E-state index contributed by atoms with van der Waals surface area (Å²) < 4.78 is 11.0. The van der Waals surface area contributed by atoms with Crippen molar-refractivity contribution >= 4 is 0 Å². The highest BCUT2D eigenvalue weighted by Gasteiger charge is 2.40. The number of pyridine rings is 1. The van der Waals surface area contributed by atoms with Gasteiger partial charge in [0.05, 0.1) is 0 Å². The Balaban J connectivity index is 1.45. The molecule has 2 fully saturated rings. The zero-order valence-electron chi connectivity index (χ0n) is 17.0.